The van der Waals surface area contributed by atoms with Crippen LogP contribution in [0.1, 0.15) is 12.0 Å². The molecule has 0 amide bonds. The van der Waals surface area contributed by atoms with Crippen LogP contribution in [-0.2, 0) is 16.1 Å². The Balaban J connectivity index is 0.00000242. The first kappa shape index (κ1) is 18.3. The molecule has 122 valence electrons. The van der Waals surface area contributed by atoms with E-state index in [9.17, 15) is 4.79 Å². The molecule has 7 nitrogen and oxygen atoms in total. The standard InChI is InChI=1S/C14H19N3O4.HI/c1-15-14(16-6-5-13(18)19-2)17-8-10-3-4-11-12(7-10)21-9-20-11;/h3-4,7H,5-6,8-9H2,1-2H3,(H2,15,16,17);1H. The highest BCUT2D eigenvalue weighted by atomic mass is 127. The van der Waals surface area contributed by atoms with Crippen molar-refractivity contribution in [3.05, 3.63) is 23.8 Å². The largest absolute Gasteiger partial charge is 0.469 e. The fourth-order valence-corrected chi connectivity index (χ4v) is 1.84. The summed E-state index contributed by atoms with van der Waals surface area (Å²) in [4.78, 5) is 15.1. The summed E-state index contributed by atoms with van der Waals surface area (Å²) in [5.41, 5.74) is 1.05. The molecule has 0 radical (unpaired) electrons. The van der Waals surface area contributed by atoms with E-state index in [1.165, 1.54) is 7.11 Å². The lowest BCUT2D eigenvalue weighted by atomic mass is 10.2. The first-order chi connectivity index (χ1) is 10.2. The van der Waals surface area contributed by atoms with Crippen molar-refractivity contribution in [2.24, 2.45) is 4.99 Å². The maximum Gasteiger partial charge on any atom is 0.307 e. The third-order valence-corrected chi connectivity index (χ3v) is 2.97. The quantitative estimate of drug-likeness (QED) is 0.323. The lowest BCUT2D eigenvalue weighted by molar-refractivity contribution is -0.140. The van der Waals surface area contributed by atoms with E-state index < -0.39 is 0 Å². The van der Waals surface area contributed by atoms with Gasteiger partial charge in [-0.1, -0.05) is 6.07 Å². The van der Waals surface area contributed by atoms with Crippen LogP contribution in [0, 0.1) is 0 Å². The number of carbonyl (C=O) groups is 1. The Bertz CT molecular complexity index is 537. The van der Waals surface area contributed by atoms with Gasteiger partial charge in [0.2, 0.25) is 6.79 Å². The molecule has 8 heteroatoms. The number of nitrogens with zero attached hydrogens (tertiary/aromatic N) is 1. The summed E-state index contributed by atoms with van der Waals surface area (Å²) < 4.78 is 15.2. The molecule has 0 spiro atoms. The van der Waals surface area contributed by atoms with Gasteiger partial charge in [-0.05, 0) is 17.7 Å². The summed E-state index contributed by atoms with van der Waals surface area (Å²) in [5, 5.41) is 6.20. The number of methoxy groups -OCH3 is 1. The zero-order chi connectivity index (χ0) is 15.1. The van der Waals surface area contributed by atoms with Gasteiger partial charge in [0, 0.05) is 20.1 Å². The monoisotopic (exact) mass is 421 g/mol. The summed E-state index contributed by atoms with van der Waals surface area (Å²) in [6, 6.07) is 5.77. The molecule has 2 N–H and O–H groups in total. The summed E-state index contributed by atoms with van der Waals surface area (Å²) in [6.07, 6.45) is 0.293. The second kappa shape index (κ2) is 9.34. The number of nitrogens with one attached hydrogen (secondary N) is 2. The Morgan fingerprint density at radius 1 is 1.32 bits per heavy atom. The molecule has 1 aliphatic rings. The van der Waals surface area contributed by atoms with Crippen molar-refractivity contribution in [1.82, 2.24) is 10.6 Å². The molecule has 1 heterocycles. The fourth-order valence-electron chi connectivity index (χ4n) is 1.84. The molecule has 1 aliphatic heterocycles. The molecule has 0 bridgehead atoms. The number of hydrogen-bond acceptors (Lipinski definition) is 5. The molecular formula is C14H20IN3O4. The van der Waals surface area contributed by atoms with Gasteiger partial charge in [0.1, 0.15) is 0 Å². The molecule has 0 atom stereocenters. The predicted molar refractivity (Wildman–Crippen MR) is 92.8 cm³/mol. The van der Waals surface area contributed by atoms with Gasteiger partial charge in [-0.3, -0.25) is 9.79 Å². The third kappa shape index (κ3) is 5.24. The van der Waals surface area contributed by atoms with E-state index in [-0.39, 0.29) is 36.7 Å². The number of aliphatic imine (C=N–C) groups is 1. The van der Waals surface area contributed by atoms with Crippen molar-refractivity contribution < 1.29 is 19.0 Å². The van der Waals surface area contributed by atoms with Crippen LogP contribution in [0.4, 0.5) is 0 Å². The van der Waals surface area contributed by atoms with Crippen molar-refractivity contribution in [3.63, 3.8) is 0 Å². The number of benzene rings is 1. The highest BCUT2D eigenvalue weighted by Crippen LogP contribution is 2.32. The molecule has 1 aromatic carbocycles. The highest BCUT2D eigenvalue weighted by Gasteiger charge is 2.13. The van der Waals surface area contributed by atoms with Gasteiger partial charge in [-0.15, -0.1) is 24.0 Å². The van der Waals surface area contributed by atoms with Crippen molar-refractivity contribution in [3.8, 4) is 11.5 Å². The molecule has 0 aliphatic carbocycles. The number of rotatable bonds is 5. The van der Waals surface area contributed by atoms with Gasteiger partial charge in [0.05, 0.1) is 13.5 Å². The molecule has 0 saturated carbocycles. The molecule has 0 aromatic heterocycles. The van der Waals surface area contributed by atoms with Gasteiger partial charge in [0.15, 0.2) is 17.5 Å². The van der Waals surface area contributed by atoms with E-state index in [0.29, 0.717) is 25.5 Å². The smallest absolute Gasteiger partial charge is 0.307 e. The van der Waals surface area contributed by atoms with Gasteiger partial charge >= 0.3 is 5.97 Å². The number of hydrogen-bond donors (Lipinski definition) is 2. The van der Waals surface area contributed by atoms with E-state index in [4.69, 9.17) is 9.47 Å². The third-order valence-electron chi connectivity index (χ3n) is 2.97. The van der Waals surface area contributed by atoms with Crippen LogP contribution in [-0.4, -0.2) is 39.4 Å². The van der Waals surface area contributed by atoms with Gasteiger partial charge < -0.3 is 24.8 Å². The van der Waals surface area contributed by atoms with Crippen LogP contribution >= 0.6 is 24.0 Å². The summed E-state index contributed by atoms with van der Waals surface area (Å²) >= 11 is 0. The number of esters is 1. The minimum absolute atomic E-state index is 0. The maximum atomic E-state index is 11.0. The topological polar surface area (TPSA) is 81.2 Å². The van der Waals surface area contributed by atoms with Crippen LogP contribution < -0.4 is 20.1 Å². The molecule has 22 heavy (non-hydrogen) atoms. The Hall–Kier alpha value is -1.71. The Morgan fingerprint density at radius 3 is 2.82 bits per heavy atom. The minimum atomic E-state index is -0.256. The summed E-state index contributed by atoms with van der Waals surface area (Å²) in [7, 11) is 3.04. The first-order valence-electron chi connectivity index (χ1n) is 6.63. The van der Waals surface area contributed by atoms with Crippen molar-refractivity contribution in [1.29, 1.82) is 0 Å². The molecule has 0 fully saturated rings. The molecule has 2 rings (SSSR count). The summed E-state index contributed by atoms with van der Waals surface area (Å²) in [5.74, 6) is 1.88. The van der Waals surface area contributed by atoms with Gasteiger partial charge in [-0.25, -0.2) is 0 Å². The molecular weight excluding hydrogens is 401 g/mol. The van der Waals surface area contributed by atoms with Crippen LogP contribution in [0.25, 0.3) is 0 Å². The maximum absolute atomic E-state index is 11.0. The molecule has 1 aromatic rings. The average molecular weight is 421 g/mol. The van der Waals surface area contributed by atoms with Crippen LogP contribution in [0.15, 0.2) is 23.2 Å². The zero-order valence-electron chi connectivity index (χ0n) is 12.5. The second-order valence-corrected chi connectivity index (χ2v) is 4.37. The lowest BCUT2D eigenvalue weighted by Crippen LogP contribution is -2.37. The van der Waals surface area contributed by atoms with Crippen molar-refractivity contribution in [2.45, 2.75) is 13.0 Å². The number of ether oxygens (including phenoxy) is 3. The fraction of sp³-hybridized carbons (Fsp3) is 0.429. The second-order valence-electron chi connectivity index (χ2n) is 4.37. The van der Waals surface area contributed by atoms with E-state index in [0.717, 1.165) is 17.1 Å². The predicted octanol–water partition coefficient (Wildman–Crippen LogP) is 1.26. The van der Waals surface area contributed by atoms with Crippen LogP contribution in [0.2, 0.25) is 0 Å². The Morgan fingerprint density at radius 2 is 2.09 bits per heavy atom. The SMILES string of the molecule is CN=C(NCCC(=O)OC)NCc1ccc2c(c1)OCO2.I. The highest BCUT2D eigenvalue weighted by molar-refractivity contribution is 14.0. The Kier molecular flexibility index (Phi) is 7.78. The van der Waals surface area contributed by atoms with Crippen LogP contribution in [0.5, 0.6) is 11.5 Å². The van der Waals surface area contributed by atoms with E-state index in [1.54, 1.807) is 7.05 Å². The normalized spacial score (nSPS) is 12.4. The van der Waals surface area contributed by atoms with Gasteiger partial charge in [-0.2, -0.15) is 0 Å². The van der Waals surface area contributed by atoms with Crippen LogP contribution in [0.3, 0.4) is 0 Å². The summed E-state index contributed by atoms with van der Waals surface area (Å²) in [6.45, 7) is 1.32. The number of carbonyl (C=O) groups excluding carboxylic acids is 1. The zero-order valence-corrected chi connectivity index (χ0v) is 14.9. The first-order valence-corrected chi connectivity index (χ1v) is 6.63. The van der Waals surface area contributed by atoms with Crippen molar-refractivity contribution in [2.75, 3.05) is 27.5 Å². The van der Waals surface area contributed by atoms with E-state index in [1.807, 2.05) is 18.2 Å². The minimum Gasteiger partial charge on any atom is -0.469 e. The van der Waals surface area contributed by atoms with E-state index in [2.05, 4.69) is 20.4 Å². The number of guanidine groups is 1. The van der Waals surface area contributed by atoms with Gasteiger partial charge in [0.25, 0.3) is 0 Å². The lowest BCUT2D eigenvalue weighted by Gasteiger charge is -2.11. The molecule has 0 saturated heterocycles. The average Bonchev–Trinajstić information content (AvgIpc) is 2.97. The number of halogens is 1. The molecule has 0 unspecified atom stereocenters. The number of fused-ring (bicyclic) bond motifs is 1. The van der Waals surface area contributed by atoms with E-state index >= 15 is 0 Å². The Labute approximate surface area is 146 Å². The van der Waals surface area contributed by atoms with Crippen molar-refractivity contribution >= 4 is 35.9 Å².